The molecular weight excluding hydrogens is 417 g/mol. The van der Waals surface area contributed by atoms with E-state index in [-0.39, 0.29) is 5.69 Å². The number of sulfonamides is 1. The Hall–Kier alpha value is -2.26. The first kappa shape index (κ1) is 22.0. The van der Waals surface area contributed by atoms with Crippen molar-refractivity contribution in [2.75, 3.05) is 22.4 Å². The number of amides is 1. The molecule has 0 atom stereocenters. The Morgan fingerprint density at radius 3 is 2.18 bits per heavy atom. The number of carbonyl (C=O) groups excluding carboxylic acids is 1. The molecule has 0 aliphatic carbocycles. The van der Waals surface area contributed by atoms with Crippen LogP contribution in [0.5, 0.6) is 0 Å². The summed E-state index contributed by atoms with van der Waals surface area (Å²) in [5.74, 6) is -0.695. The molecule has 0 heterocycles. The van der Waals surface area contributed by atoms with Crippen LogP contribution < -0.4 is 9.62 Å². The number of rotatable bonds is 5. The highest BCUT2D eigenvalue weighted by Crippen LogP contribution is 2.37. The molecule has 0 aliphatic heterocycles. The van der Waals surface area contributed by atoms with Gasteiger partial charge >= 0.3 is 6.18 Å². The molecule has 0 fully saturated rings. The van der Waals surface area contributed by atoms with E-state index in [0.29, 0.717) is 16.1 Å². The van der Waals surface area contributed by atoms with E-state index in [1.807, 2.05) is 19.9 Å². The fraction of sp³-hybridized carbons (Fsp3) is 0.278. The zero-order valence-corrected chi connectivity index (χ0v) is 16.8. The quantitative estimate of drug-likeness (QED) is 0.759. The second-order valence-corrected chi connectivity index (χ2v) is 8.67. The molecule has 152 valence electrons. The first-order chi connectivity index (χ1) is 12.8. The Labute approximate surface area is 166 Å². The normalized spacial score (nSPS) is 12.0. The van der Waals surface area contributed by atoms with Crippen molar-refractivity contribution in [2.24, 2.45) is 0 Å². The van der Waals surface area contributed by atoms with Gasteiger partial charge in [-0.2, -0.15) is 13.2 Å². The van der Waals surface area contributed by atoms with Gasteiger partial charge in [-0.3, -0.25) is 9.10 Å². The van der Waals surface area contributed by atoms with Gasteiger partial charge in [-0.15, -0.1) is 0 Å². The average molecular weight is 435 g/mol. The van der Waals surface area contributed by atoms with Crippen LogP contribution in [-0.2, 0) is 21.0 Å². The van der Waals surface area contributed by atoms with E-state index in [9.17, 15) is 26.4 Å². The highest BCUT2D eigenvalue weighted by molar-refractivity contribution is 7.92. The van der Waals surface area contributed by atoms with Gasteiger partial charge in [-0.05, 0) is 55.3 Å². The van der Waals surface area contributed by atoms with Crippen molar-refractivity contribution >= 4 is 38.9 Å². The molecule has 1 amide bonds. The maximum Gasteiger partial charge on any atom is 0.417 e. The second-order valence-electron chi connectivity index (χ2n) is 6.36. The number of aryl methyl sites for hydroxylation is 2. The van der Waals surface area contributed by atoms with Gasteiger partial charge in [0.1, 0.15) is 6.54 Å². The van der Waals surface area contributed by atoms with Crippen LogP contribution in [0.4, 0.5) is 24.5 Å². The molecule has 0 unspecified atom stereocenters. The lowest BCUT2D eigenvalue weighted by molar-refractivity contribution is -0.137. The first-order valence-electron chi connectivity index (χ1n) is 8.00. The van der Waals surface area contributed by atoms with Crippen LogP contribution in [0, 0.1) is 13.8 Å². The summed E-state index contributed by atoms with van der Waals surface area (Å²) < 4.78 is 64.1. The number of nitrogens with zero attached hydrogens (tertiary/aromatic N) is 1. The number of hydrogen-bond donors (Lipinski definition) is 1. The van der Waals surface area contributed by atoms with Crippen LogP contribution in [0.25, 0.3) is 0 Å². The number of carbonyl (C=O) groups is 1. The van der Waals surface area contributed by atoms with Crippen LogP contribution in [0.2, 0.25) is 5.02 Å². The Kier molecular flexibility index (Phi) is 6.30. The van der Waals surface area contributed by atoms with Gasteiger partial charge in [-0.1, -0.05) is 17.7 Å². The molecule has 0 aromatic heterocycles. The van der Waals surface area contributed by atoms with Crippen molar-refractivity contribution in [3.63, 3.8) is 0 Å². The minimum Gasteiger partial charge on any atom is -0.324 e. The fourth-order valence-electron chi connectivity index (χ4n) is 2.66. The SMILES string of the molecule is Cc1cc(C)cc(NC(=O)CN(c2ccc(Cl)c(C(F)(F)F)c2)S(C)(=O)=O)c1. The molecule has 10 heteroatoms. The topological polar surface area (TPSA) is 66.5 Å². The molecule has 2 aromatic carbocycles. The summed E-state index contributed by atoms with van der Waals surface area (Å²) in [5, 5.41) is 1.99. The third kappa shape index (κ3) is 5.62. The van der Waals surface area contributed by atoms with Crippen molar-refractivity contribution in [1.29, 1.82) is 0 Å². The predicted octanol–water partition coefficient (Wildman–Crippen LogP) is 4.38. The minimum atomic E-state index is -4.77. The standard InChI is InChI=1S/C18H18ClF3N2O3S/c1-11-6-12(2)8-13(7-11)23-17(25)10-24(28(3,26)27)14-4-5-16(19)15(9-14)18(20,21)22/h4-9H,10H2,1-3H3,(H,23,25). The molecule has 2 aromatic rings. The Bertz CT molecular complexity index is 987. The number of alkyl halides is 3. The molecule has 0 aliphatic rings. The Balaban J connectivity index is 2.34. The fourth-order valence-corrected chi connectivity index (χ4v) is 3.74. The molecule has 2 rings (SSSR count). The van der Waals surface area contributed by atoms with Gasteiger partial charge in [-0.25, -0.2) is 8.42 Å². The monoisotopic (exact) mass is 434 g/mol. The highest BCUT2D eigenvalue weighted by atomic mass is 35.5. The first-order valence-corrected chi connectivity index (χ1v) is 10.2. The van der Waals surface area contributed by atoms with E-state index in [1.165, 1.54) is 0 Å². The summed E-state index contributed by atoms with van der Waals surface area (Å²) in [6.45, 7) is 2.97. The van der Waals surface area contributed by atoms with E-state index >= 15 is 0 Å². The molecule has 1 N–H and O–H groups in total. The molecular formula is C18H18ClF3N2O3S. The van der Waals surface area contributed by atoms with Crippen LogP contribution in [0.15, 0.2) is 36.4 Å². The van der Waals surface area contributed by atoms with Crippen molar-refractivity contribution in [3.8, 4) is 0 Å². The molecule has 0 radical (unpaired) electrons. The lowest BCUT2D eigenvalue weighted by Crippen LogP contribution is -2.37. The molecule has 0 saturated heterocycles. The van der Waals surface area contributed by atoms with Crippen molar-refractivity contribution < 1.29 is 26.4 Å². The maximum absolute atomic E-state index is 13.1. The van der Waals surface area contributed by atoms with E-state index < -0.39 is 39.2 Å². The van der Waals surface area contributed by atoms with Gasteiger partial charge in [0.15, 0.2) is 0 Å². The van der Waals surface area contributed by atoms with Gasteiger partial charge in [0, 0.05) is 5.69 Å². The van der Waals surface area contributed by atoms with Crippen LogP contribution in [-0.4, -0.2) is 27.1 Å². The zero-order valence-electron chi connectivity index (χ0n) is 15.3. The van der Waals surface area contributed by atoms with Crippen LogP contribution in [0.3, 0.4) is 0 Å². The number of nitrogens with one attached hydrogen (secondary N) is 1. The molecule has 28 heavy (non-hydrogen) atoms. The third-order valence-corrected chi connectivity index (χ3v) is 5.21. The molecule has 5 nitrogen and oxygen atoms in total. The van der Waals surface area contributed by atoms with E-state index in [4.69, 9.17) is 11.6 Å². The summed E-state index contributed by atoms with van der Waals surface area (Å²) in [5.41, 5.74) is 0.749. The number of hydrogen-bond acceptors (Lipinski definition) is 3. The molecule has 0 spiro atoms. The molecule has 0 bridgehead atoms. The van der Waals surface area contributed by atoms with Crippen molar-refractivity contribution in [2.45, 2.75) is 20.0 Å². The maximum atomic E-state index is 13.1. The summed E-state index contributed by atoms with van der Waals surface area (Å²) in [4.78, 5) is 12.3. The predicted molar refractivity (Wildman–Crippen MR) is 103 cm³/mol. The van der Waals surface area contributed by atoms with Gasteiger partial charge in [0.2, 0.25) is 15.9 Å². The lowest BCUT2D eigenvalue weighted by atomic mass is 10.1. The smallest absolute Gasteiger partial charge is 0.324 e. The second kappa shape index (κ2) is 8.00. The van der Waals surface area contributed by atoms with Crippen molar-refractivity contribution in [3.05, 3.63) is 58.1 Å². The van der Waals surface area contributed by atoms with E-state index in [0.717, 1.165) is 29.5 Å². The summed E-state index contributed by atoms with van der Waals surface area (Å²) in [6.07, 6.45) is -3.96. The van der Waals surface area contributed by atoms with E-state index in [1.54, 1.807) is 12.1 Å². The number of halogens is 4. The van der Waals surface area contributed by atoms with Gasteiger partial charge in [0.05, 0.1) is 22.5 Å². The summed E-state index contributed by atoms with van der Waals surface area (Å²) >= 11 is 5.58. The highest BCUT2D eigenvalue weighted by Gasteiger charge is 2.34. The molecule has 0 saturated carbocycles. The van der Waals surface area contributed by atoms with Crippen LogP contribution in [0.1, 0.15) is 16.7 Å². The largest absolute Gasteiger partial charge is 0.417 e. The number of anilines is 2. The lowest BCUT2D eigenvalue weighted by Gasteiger charge is -2.23. The van der Waals surface area contributed by atoms with Gasteiger partial charge < -0.3 is 5.32 Å². The average Bonchev–Trinajstić information content (AvgIpc) is 2.50. The Morgan fingerprint density at radius 1 is 1.11 bits per heavy atom. The minimum absolute atomic E-state index is 0.310. The van der Waals surface area contributed by atoms with Crippen LogP contribution >= 0.6 is 11.6 Å². The third-order valence-electron chi connectivity index (χ3n) is 3.74. The van der Waals surface area contributed by atoms with E-state index in [2.05, 4.69) is 5.32 Å². The van der Waals surface area contributed by atoms with Crippen molar-refractivity contribution in [1.82, 2.24) is 0 Å². The van der Waals surface area contributed by atoms with Gasteiger partial charge in [0.25, 0.3) is 0 Å². The summed E-state index contributed by atoms with van der Waals surface area (Å²) in [6, 6.07) is 7.94. The Morgan fingerprint density at radius 2 is 1.68 bits per heavy atom. The summed E-state index contributed by atoms with van der Waals surface area (Å²) in [7, 11) is -4.03. The zero-order chi connectivity index (χ0) is 21.3. The number of benzene rings is 2.